The van der Waals surface area contributed by atoms with E-state index in [9.17, 15) is 0 Å². The summed E-state index contributed by atoms with van der Waals surface area (Å²) in [5, 5.41) is 3.61. The average molecular weight is 359 g/mol. The number of allylic oxidation sites excluding steroid dienone is 1. The Balaban J connectivity index is 2.65. The molecule has 0 saturated heterocycles. The Morgan fingerprint density at radius 3 is 2.35 bits per heavy atom. The summed E-state index contributed by atoms with van der Waals surface area (Å²) in [6, 6.07) is 3.96. The van der Waals surface area contributed by atoms with Crippen LogP contribution in [0.5, 0.6) is 11.5 Å². The number of rotatable bonds is 9. The fourth-order valence-electron chi connectivity index (χ4n) is 2.20. The third kappa shape index (κ3) is 8.09. The number of oxime groups is 1. The summed E-state index contributed by atoms with van der Waals surface area (Å²) in [5.74, 6) is 7.78. The van der Waals surface area contributed by atoms with Gasteiger partial charge in [0.05, 0.1) is 12.8 Å². The molecule has 1 rings (SSSR count). The highest BCUT2D eigenvalue weighted by molar-refractivity contribution is 5.57. The van der Waals surface area contributed by atoms with Gasteiger partial charge in [0.1, 0.15) is 31.3 Å². The van der Waals surface area contributed by atoms with Crippen molar-refractivity contribution in [2.45, 2.75) is 46.8 Å². The van der Waals surface area contributed by atoms with Crippen LogP contribution in [0.2, 0.25) is 0 Å². The maximum atomic E-state index is 6.00. The lowest BCUT2D eigenvalue weighted by atomic mass is 10.1. The van der Waals surface area contributed by atoms with Crippen molar-refractivity contribution in [3.05, 3.63) is 35.4 Å². The quantitative estimate of drug-likeness (QED) is 0.289. The normalized spacial score (nSPS) is 13.3. The second-order valence-electron chi connectivity index (χ2n) is 5.76. The van der Waals surface area contributed by atoms with Gasteiger partial charge in [0.15, 0.2) is 6.10 Å². The highest BCUT2D eigenvalue weighted by atomic mass is 16.6. The van der Waals surface area contributed by atoms with Crippen molar-refractivity contribution in [3.8, 4) is 23.3 Å². The minimum atomic E-state index is -0.249. The summed E-state index contributed by atoms with van der Waals surface area (Å²) in [6.45, 7) is 10.7. The van der Waals surface area contributed by atoms with Gasteiger partial charge in [-0.2, -0.15) is 0 Å². The van der Waals surface area contributed by atoms with Crippen molar-refractivity contribution >= 4 is 6.21 Å². The number of nitrogens with zero attached hydrogens (tertiary/aromatic N) is 1. The van der Waals surface area contributed by atoms with Gasteiger partial charge in [0, 0.05) is 0 Å². The molecule has 26 heavy (non-hydrogen) atoms. The average Bonchev–Trinajstić information content (AvgIpc) is 2.60. The third-order valence-electron chi connectivity index (χ3n) is 3.40. The van der Waals surface area contributed by atoms with Gasteiger partial charge in [0.25, 0.3) is 0 Å². The number of benzene rings is 1. The summed E-state index contributed by atoms with van der Waals surface area (Å²) >= 11 is 0. The number of hydrogen-bond acceptors (Lipinski definition) is 5. The molecule has 0 aliphatic carbocycles. The molecule has 2 unspecified atom stereocenters. The van der Waals surface area contributed by atoms with E-state index < -0.39 is 0 Å². The lowest BCUT2D eigenvalue weighted by molar-refractivity contribution is 0.136. The van der Waals surface area contributed by atoms with E-state index in [1.165, 1.54) is 7.11 Å². The molecule has 5 nitrogen and oxygen atoms in total. The fourth-order valence-corrected chi connectivity index (χ4v) is 2.20. The van der Waals surface area contributed by atoms with Crippen molar-refractivity contribution in [2.75, 3.05) is 20.3 Å². The van der Waals surface area contributed by atoms with E-state index in [0.29, 0.717) is 13.2 Å². The minimum absolute atomic E-state index is 0.214. The van der Waals surface area contributed by atoms with Gasteiger partial charge in [-0.3, -0.25) is 0 Å². The second kappa shape index (κ2) is 12.0. The van der Waals surface area contributed by atoms with E-state index in [2.05, 4.69) is 21.8 Å². The predicted molar refractivity (Wildman–Crippen MR) is 105 cm³/mol. The zero-order chi connectivity index (χ0) is 19.4. The standard InChI is InChI=1S/C21H29NO4/c1-7-8-12-25-20-14-16(2)21(17(3)15-20)26-19(5)10-9-18(4)24-13-11-22-23-6/h7-8,11,14-15,18-19H,12-13H2,1-6H3/b8-7+,22-11+. The first kappa shape index (κ1) is 21.6. The molecule has 0 aliphatic heterocycles. The Morgan fingerprint density at radius 1 is 1.08 bits per heavy atom. The molecular weight excluding hydrogens is 330 g/mol. The predicted octanol–water partition coefficient (Wildman–Crippen LogP) is 4.07. The first-order chi connectivity index (χ1) is 12.5. The number of aryl methyl sites for hydroxylation is 2. The van der Waals surface area contributed by atoms with Crippen LogP contribution in [0.4, 0.5) is 0 Å². The lowest BCUT2D eigenvalue weighted by Gasteiger charge is -2.16. The Labute approximate surface area is 157 Å². The Bertz CT molecular complexity index is 647. The van der Waals surface area contributed by atoms with Crippen LogP contribution in [0.15, 0.2) is 29.4 Å². The first-order valence-corrected chi connectivity index (χ1v) is 8.67. The molecule has 0 aromatic heterocycles. The van der Waals surface area contributed by atoms with Gasteiger partial charge in [-0.15, -0.1) is 0 Å². The van der Waals surface area contributed by atoms with Crippen LogP contribution in [0, 0.1) is 25.7 Å². The van der Waals surface area contributed by atoms with Crippen LogP contribution in [0.25, 0.3) is 0 Å². The van der Waals surface area contributed by atoms with E-state index in [0.717, 1.165) is 22.6 Å². The molecule has 0 saturated carbocycles. The summed E-state index contributed by atoms with van der Waals surface area (Å²) in [5.41, 5.74) is 2.04. The van der Waals surface area contributed by atoms with E-state index in [1.54, 1.807) is 6.21 Å². The van der Waals surface area contributed by atoms with Gasteiger partial charge in [-0.25, -0.2) is 0 Å². The molecule has 2 atom stereocenters. The Kier molecular flexibility index (Phi) is 9.96. The highest BCUT2D eigenvalue weighted by Crippen LogP contribution is 2.29. The maximum absolute atomic E-state index is 6.00. The molecular formula is C21H29NO4. The van der Waals surface area contributed by atoms with Crippen molar-refractivity contribution in [1.82, 2.24) is 0 Å². The zero-order valence-electron chi connectivity index (χ0n) is 16.5. The summed E-state index contributed by atoms with van der Waals surface area (Å²) in [6.07, 6.45) is 5.02. The summed E-state index contributed by atoms with van der Waals surface area (Å²) in [4.78, 5) is 4.57. The van der Waals surface area contributed by atoms with Crippen LogP contribution in [-0.2, 0) is 9.57 Å². The smallest absolute Gasteiger partial charge is 0.156 e. The molecule has 1 aromatic carbocycles. The van der Waals surface area contributed by atoms with Crippen LogP contribution in [0.1, 0.15) is 31.9 Å². The number of ether oxygens (including phenoxy) is 3. The van der Waals surface area contributed by atoms with Crippen molar-refractivity contribution in [3.63, 3.8) is 0 Å². The maximum Gasteiger partial charge on any atom is 0.156 e. The molecule has 1 aromatic rings. The highest BCUT2D eigenvalue weighted by Gasteiger charge is 2.10. The molecule has 0 N–H and O–H groups in total. The molecule has 0 bridgehead atoms. The number of hydrogen-bond donors (Lipinski definition) is 0. The van der Waals surface area contributed by atoms with Gasteiger partial charge in [-0.05, 0) is 57.9 Å². The monoisotopic (exact) mass is 359 g/mol. The molecule has 142 valence electrons. The van der Waals surface area contributed by atoms with Crippen LogP contribution < -0.4 is 9.47 Å². The van der Waals surface area contributed by atoms with Gasteiger partial charge < -0.3 is 19.0 Å². The van der Waals surface area contributed by atoms with Crippen LogP contribution in [0.3, 0.4) is 0 Å². The molecule has 0 aliphatic rings. The Hall–Kier alpha value is -2.45. The molecule has 0 radical (unpaired) electrons. The Morgan fingerprint density at radius 2 is 1.73 bits per heavy atom. The fraction of sp³-hybridized carbons (Fsp3) is 0.476. The van der Waals surface area contributed by atoms with E-state index in [-0.39, 0.29) is 12.2 Å². The van der Waals surface area contributed by atoms with Crippen molar-refractivity contribution in [1.29, 1.82) is 0 Å². The van der Waals surface area contributed by atoms with Gasteiger partial charge in [-0.1, -0.05) is 29.1 Å². The molecule has 5 heteroatoms. The summed E-state index contributed by atoms with van der Waals surface area (Å²) < 4.78 is 17.2. The van der Waals surface area contributed by atoms with E-state index >= 15 is 0 Å². The molecule has 0 spiro atoms. The van der Waals surface area contributed by atoms with Crippen molar-refractivity contribution in [2.24, 2.45) is 5.16 Å². The molecule has 0 fully saturated rings. The lowest BCUT2D eigenvalue weighted by Crippen LogP contribution is -2.13. The molecule has 0 amide bonds. The van der Waals surface area contributed by atoms with Gasteiger partial charge in [0.2, 0.25) is 0 Å². The van der Waals surface area contributed by atoms with Crippen LogP contribution >= 0.6 is 0 Å². The minimum Gasteiger partial charge on any atom is -0.490 e. The summed E-state index contributed by atoms with van der Waals surface area (Å²) in [7, 11) is 1.49. The van der Waals surface area contributed by atoms with Gasteiger partial charge >= 0.3 is 0 Å². The topological polar surface area (TPSA) is 49.3 Å². The SMILES string of the molecule is C/C=C/COc1cc(C)c(OC(C)C#CC(C)OC/C=N/OC)c(C)c1. The molecule has 0 heterocycles. The third-order valence-corrected chi connectivity index (χ3v) is 3.40. The second-order valence-corrected chi connectivity index (χ2v) is 5.76. The van der Waals surface area contributed by atoms with Crippen LogP contribution in [-0.4, -0.2) is 38.7 Å². The van der Waals surface area contributed by atoms with E-state index in [4.69, 9.17) is 14.2 Å². The largest absolute Gasteiger partial charge is 0.490 e. The first-order valence-electron chi connectivity index (χ1n) is 8.67. The zero-order valence-corrected chi connectivity index (χ0v) is 16.5. The van der Waals surface area contributed by atoms with Crippen molar-refractivity contribution < 1.29 is 19.0 Å². The van der Waals surface area contributed by atoms with E-state index in [1.807, 2.05) is 58.9 Å².